The van der Waals surface area contributed by atoms with Gasteiger partial charge in [-0.3, -0.25) is 9.69 Å². The lowest BCUT2D eigenvalue weighted by atomic mass is 10.1. The maximum atomic E-state index is 13.5. The number of hydrogen-bond donors (Lipinski definition) is 0. The van der Waals surface area contributed by atoms with Crippen molar-refractivity contribution in [2.75, 3.05) is 26.2 Å². The number of benzene rings is 2. The first-order valence-electron chi connectivity index (χ1n) is 10.5. The second kappa shape index (κ2) is 9.02. The number of halogens is 1. The Morgan fingerprint density at radius 1 is 1.00 bits per heavy atom. The van der Waals surface area contributed by atoms with Crippen molar-refractivity contribution >= 4 is 17.2 Å². The van der Waals surface area contributed by atoms with Crippen LogP contribution in [0.3, 0.4) is 0 Å². The molecule has 5 rings (SSSR count). The minimum absolute atomic E-state index is 0.0549. The van der Waals surface area contributed by atoms with Crippen molar-refractivity contribution in [1.82, 2.24) is 24.6 Å². The van der Waals surface area contributed by atoms with Crippen LogP contribution in [-0.4, -0.2) is 56.7 Å². The quantitative estimate of drug-likeness (QED) is 0.462. The predicted octanol–water partition coefficient (Wildman–Crippen LogP) is 4.09. The van der Waals surface area contributed by atoms with Gasteiger partial charge < -0.3 is 4.90 Å². The van der Waals surface area contributed by atoms with Crippen molar-refractivity contribution in [2.45, 2.75) is 6.54 Å². The summed E-state index contributed by atoms with van der Waals surface area (Å²) in [6.45, 7) is 3.90. The van der Waals surface area contributed by atoms with Crippen LogP contribution in [-0.2, 0) is 6.54 Å². The van der Waals surface area contributed by atoms with Crippen LogP contribution in [0.1, 0.15) is 15.2 Å². The Morgan fingerprint density at radius 3 is 2.53 bits per heavy atom. The average molecular weight is 448 g/mol. The standard InChI is InChI=1S/C24H22FN5OS/c25-20-3-1-2-19(14-20)23-9-8-22(32-23)15-28-10-12-29(13-11-28)24(31)18-4-6-21(7-5-18)30-17-26-16-27-30/h1-9,14,16-17H,10-13,15H2. The van der Waals surface area contributed by atoms with E-state index in [1.165, 1.54) is 17.3 Å². The summed E-state index contributed by atoms with van der Waals surface area (Å²) >= 11 is 1.69. The van der Waals surface area contributed by atoms with E-state index in [1.807, 2.05) is 35.2 Å². The molecule has 1 amide bonds. The highest BCUT2D eigenvalue weighted by molar-refractivity contribution is 7.15. The van der Waals surface area contributed by atoms with Gasteiger partial charge in [0.1, 0.15) is 18.5 Å². The molecule has 1 aliphatic heterocycles. The van der Waals surface area contributed by atoms with Crippen LogP contribution in [0.25, 0.3) is 16.1 Å². The molecule has 0 atom stereocenters. The van der Waals surface area contributed by atoms with Gasteiger partial charge in [0.15, 0.2) is 0 Å². The number of carbonyl (C=O) groups is 1. The molecule has 0 unspecified atom stereocenters. The van der Waals surface area contributed by atoms with Crippen molar-refractivity contribution in [3.63, 3.8) is 0 Å². The molecule has 0 aliphatic carbocycles. The number of nitrogens with zero attached hydrogens (tertiary/aromatic N) is 5. The molecule has 162 valence electrons. The number of aromatic nitrogens is 3. The summed E-state index contributed by atoms with van der Waals surface area (Å²) in [4.78, 5) is 23.4. The van der Waals surface area contributed by atoms with Gasteiger partial charge in [0.25, 0.3) is 5.91 Å². The summed E-state index contributed by atoms with van der Waals surface area (Å²) in [5, 5.41) is 4.10. The summed E-state index contributed by atoms with van der Waals surface area (Å²) in [7, 11) is 0. The first-order valence-corrected chi connectivity index (χ1v) is 11.3. The van der Waals surface area contributed by atoms with Crippen LogP contribution < -0.4 is 0 Å². The van der Waals surface area contributed by atoms with Gasteiger partial charge in [-0.2, -0.15) is 5.10 Å². The molecule has 1 aliphatic rings. The molecule has 0 radical (unpaired) electrons. The molecule has 8 heteroatoms. The molecule has 4 aromatic rings. The molecule has 0 bridgehead atoms. The van der Waals surface area contributed by atoms with E-state index in [1.54, 1.807) is 34.5 Å². The smallest absolute Gasteiger partial charge is 0.253 e. The zero-order chi connectivity index (χ0) is 21.9. The summed E-state index contributed by atoms with van der Waals surface area (Å²) in [5.74, 6) is -0.162. The zero-order valence-electron chi connectivity index (χ0n) is 17.4. The zero-order valence-corrected chi connectivity index (χ0v) is 18.2. The van der Waals surface area contributed by atoms with Gasteiger partial charge >= 0.3 is 0 Å². The predicted molar refractivity (Wildman–Crippen MR) is 122 cm³/mol. The van der Waals surface area contributed by atoms with Crippen LogP contribution in [0.15, 0.2) is 73.3 Å². The number of piperazine rings is 1. The molecular weight excluding hydrogens is 425 g/mol. The van der Waals surface area contributed by atoms with E-state index in [0.717, 1.165) is 35.8 Å². The van der Waals surface area contributed by atoms with Crippen molar-refractivity contribution in [3.8, 4) is 16.1 Å². The molecule has 32 heavy (non-hydrogen) atoms. The third-order valence-electron chi connectivity index (χ3n) is 5.61. The lowest BCUT2D eigenvalue weighted by Gasteiger charge is -2.34. The van der Waals surface area contributed by atoms with E-state index in [0.29, 0.717) is 18.7 Å². The highest BCUT2D eigenvalue weighted by Gasteiger charge is 2.22. The van der Waals surface area contributed by atoms with Crippen molar-refractivity contribution in [2.24, 2.45) is 0 Å². The van der Waals surface area contributed by atoms with Crippen LogP contribution in [0.5, 0.6) is 0 Å². The summed E-state index contributed by atoms with van der Waals surface area (Å²) in [6, 6.07) is 18.3. The topological polar surface area (TPSA) is 54.3 Å². The van der Waals surface area contributed by atoms with E-state index >= 15 is 0 Å². The second-order valence-electron chi connectivity index (χ2n) is 7.73. The molecule has 0 N–H and O–H groups in total. The molecule has 3 heterocycles. The largest absolute Gasteiger partial charge is 0.336 e. The first-order chi connectivity index (χ1) is 15.7. The van der Waals surface area contributed by atoms with E-state index in [9.17, 15) is 9.18 Å². The Hall–Kier alpha value is -3.36. The molecular formula is C24H22FN5OS. The molecule has 2 aromatic heterocycles. The fourth-order valence-electron chi connectivity index (χ4n) is 3.87. The van der Waals surface area contributed by atoms with Gasteiger partial charge in [-0.25, -0.2) is 14.1 Å². The highest BCUT2D eigenvalue weighted by atomic mass is 32.1. The third kappa shape index (κ3) is 4.46. The number of rotatable bonds is 5. The van der Waals surface area contributed by atoms with Crippen LogP contribution in [0.2, 0.25) is 0 Å². The second-order valence-corrected chi connectivity index (χ2v) is 8.90. The fourth-order valence-corrected chi connectivity index (χ4v) is 4.92. The minimum atomic E-state index is -0.216. The Balaban J connectivity index is 1.16. The van der Waals surface area contributed by atoms with Gasteiger partial charge in [0.2, 0.25) is 0 Å². The Labute approximate surface area is 189 Å². The number of thiophene rings is 1. The minimum Gasteiger partial charge on any atom is -0.336 e. The maximum Gasteiger partial charge on any atom is 0.253 e. The average Bonchev–Trinajstić information content (AvgIpc) is 3.52. The lowest BCUT2D eigenvalue weighted by molar-refractivity contribution is 0.0629. The highest BCUT2D eigenvalue weighted by Crippen LogP contribution is 2.29. The Bertz CT molecular complexity index is 1200. The molecule has 2 aromatic carbocycles. The number of carbonyl (C=O) groups excluding carboxylic acids is 1. The molecule has 0 spiro atoms. The van der Waals surface area contributed by atoms with Crippen molar-refractivity contribution in [3.05, 3.63) is 89.6 Å². The molecule has 1 saturated heterocycles. The van der Waals surface area contributed by atoms with Crippen LogP contribution >= 0.6 is 11.3 Å². The normalized spacial score (nSPS) is 14.6. The molecule has 1 fully saturated rings. The van der Waals surface area contributed by atoms with E-state index in [4.69, 9.17) is 0 Å². The Morgan fingerprint density at radius 2 is 1.81 bits per heavy atom. The monoisotopic (exact) mass is 447 g/mol. The number of amides is 1. The Kier molecular flexibility index (Phi) is 5.79. The maximum absolute atomic E-state index is 13.5. The fraction of sp³-hybridized carbons (Fsp3) is 0.208. The van der Waals surface area contributed by atoms with Gasteiger partial charge in [-0.15, -0.1) is 11.3 Å². The SMILES string of the molecule is O=C(c1ccc(-n2cncn2)cc1)N1CCN(Cc2ccc(-c3cccc(F)c3)s2)CC1. The van der Waals surface area contributed by atoms with Gasteiger partial charge in [0, 0.05) is 48.0 Å². The van der Waals surface area contributed by atoms with Gasteiger partial charge in [0.05, 0.1) is 5.69 Å². The van der Waals surface area contributed by atoms with Crippen LogP contribution in [0, 0.1) is 5.82 Å². The number of hydrogen-bond acceptors (Lipinski definition) is 5. The lowest BCUT2D eigenvalue weighted by Crippen LogP contribution is -2.48. The van der Waals surface area contributed by atoms with Gasteiger partial charge in [-0.05, 0) is 54.1 Å². The first kappa shape index (κ1) is 20.5. The van der Waals surface area contributed by atoms with Crippen molar-refractivity contribution < 1.29 is 9.18 Å². The van der Waals surface area contributed by atoms with Crippen LogP contribution in [0.4, 0.5) is 4.39 Å². The molecule has 0 saturated carbocycles. The van der Waals surface area contributed by atoms with E-state index < -0.39 is 0 Å². The summed E-state index contributed by atoms with van der Waals surface area (Å²) < 4.78 is 15.2. The summed E-state index contributed by atoms with van der Waals surface area (Å²) in [5.41, 5.74) is 2.46. The summed E-state index contributed by atoms with van der Waals surface area (Å²) in [6.07, 6.45) is 3.11. The van der Waals surface area contributed by atoms with E-state index in [-0.39, 0.29) is 11.7 Å². The van der Waals surface area contributed by atoms with Gasteiger partial charge in [-0.1, -0.05) is 12.1 Å². The van der Waals surface area contributed by atoms with E-state index in [2.05, 4.69) is 27.1 Å². The van der Waals surface area contributed by atoms with Crippen molar-refractivity contribution in [1.29, 1.82) is 0 Å². The molecule has 6 nitrogen and oxygen atoms in total. The third-order valence-corrected chi connectivity index (χ3v) is 6.73.